The van der Waals surface area contributed by atoms with E-state index in [1.165, 1.54) is 25.7 Å². The molecule has 5 atom stereocenters. The lowest BCUT2D eigenvalue weighted by atomic mass is 9.58. The van der Waals surface area contributed by atoms with Gasteiger partial charge in [0.25, 0.3) is 0 Å². The Bertz CT molecular complexity index is 235. The zero-order valence-electron chi connectivity index (χ0n) is 7.72. The van der Waals surface area contributed by atoms with Crippen molar-refractivity contribution in [1.29, 1.82) is 5.41 Å². The molecule has 0 aromatic carbocycles. The van der Waals surface area contributed by atoms with E-state index in [0.29, 0.717) is 5.92 Å². The summed E-state index contributed by atoms with van der Waals surface area (Å²) < 4.78 is 0. The summed E-state index contributed by atoms with van der Waals surface area (Å²) in [5.41, 5.74) is 0.818. The van der Waals surface area contributed by atoms with Gasteiger partial charge in [0.2, 0.25) is 0 Å². The van der Waals surface area contributed by atoms with E-state index in [-0.39, 0.29) is 0 Å². The monoisotopic (exact) mass is 163 g/mol. The van der Waals surface area contributed by atoms with Gasteiger partial charge in [-0.25, -0.2) is 0 Å². The first-order valence-corrected chi connectivity index (χ1v) is 5.35. The Morgan fingerprint density at radius 1 is 1.67 bits per heavy atom. The van der Waals surface area contributed by atoms with E-state index in [2.05, 4.69) is 6.92 Å². The van der Waals surface area contributed by atoms with Gasteiger partial charge in [0.15, 0.2) is 0 Å². The lowest BCUT2D eigenvalue weighted by molar-refractivity contribution is 0.0272. The molecule has 0 amide bonds. The fourth-order valence-electron chi connectivity index (χ4n) is 4.20. The van der Waals surface area contributed by atoms with E-state index in [4.69, 9.17) is 5.41 Å². The van der Waals surface area contributed by atoms with E-state index in [9.17, 15) is 0 Å². The van der Waals surface area contributed by atoms with Crippen molar-refractivity contribution >= 4 is 6.21 Å². The Labute approximate surface area is 74.1 Å². The average Bonchev–Trinajstić information content (AvgIpc) is 2.70. The van der Waals surface area contributed by atoms with Crippen molar-refractivity contribution < 1.29 is 0 Å². The normalized spacial score (nSPS) is 55.6. The molecule has 5 unspecified atom stereocenters. The van der Waals surface area contributed by atoms with Gasteiger partial charge in [-0.1, -0.05) is 6.92 Å². The molecular weight excluding hydrogens is 146 g/mol. The molecule has 3 aliphatic rings. The van der Waals surface area contributed by atoms with E-state index in [0.717, 1.165) is 23.2 Å². The molecule has 3 aliphatic carbocycles. The minimum atomic E-state index is 0.625. The van der Waals surface area contributed by atoms with Crippen LogP contribution in [0.1, 0.15) is 32.6 Å². The second-order valence-electron chi connectivity index (χ2n) is 4.95. The minimum Gasteiger partial charge on any atom is -0.313 e. The van der Waals surface area contributed by atoms with Gasteiger partial charge in [-0.15, -0.1) is 0 Å². The van der Waals surface area contributed by atoms with Crippen LogP contribution in [0.5, 0.6) is 0 Å². The van der Waals surface area contributed by atoms with E-state index in [1.54, 1.807) is 6.21 Å². The van der Waals surface area contributed by atoms with Crippen LogP contribution in [0.3, 0.4) is 0 Å². The SMILES string of the molecule is CCC(C=N)C1C2CC3CCC321. The van der Waals surface area contributed by atoms with Crippen molar-refractivity contribution in [2.24, 2.45) is 29.1 Å². The maximum Gasteiger partial charge on any atom is -0.00138 e. The maximum absolute atomic E-state index is 7.39. The van der Waals surface area contributed by atoms with Crippen molar-refractivity contribution in [1.82, 2.24) is 0 Å². The summed E-state index contributed by atoms with van der Waals surface area (Å²) in [6.07, 6.45) is 7.42. The van der Waals surface area contributed by atoms with Gasteiger partial charge in [0, 0.05) is 0 Å². The van der Waals surface area contributed by atoms with Gasteiger partial charge < -0.3 is 5.41 Å². The highest BCUT2D eigenvalue weighted by Crippen LogP contribution is 2.85. The first-order chi connectivity index (χ1) is 5.84. The molecule has 66 valence electrons. The molecule has 3 saturated carbocycles. The fourth-order valence-corrected chi connectivity index (χ4v) is 4.20. The molecule has 3 fully saturated rings. The third-order valence-electron chi connectivity index (χ3n) is 5.01. The lowest BCUT2D eigenvalue weighted by Crippen LogP contribution is -2.38. The molecule has 0 aliphatic heterocycles. The summed E-state index contributed by atoms with van der Waals surface area (Å²) in [6.45, 7) is 2.23. The molecular formula is C11H17N. The summed E-state index contributed by atoms with van der Waals surface area (Å²) in [4.78, 5) is 0. The van der Waals surface area contributed by atoms with Gasteiger partial charge in [-0.05, 0) is 61.0 Å². The van der Waals surface area contributed by atoms with Crippen molar-refractivity contribution in [3.63, 3.8) is 0 Å². The van der Waals surface area contributed by atoms with Gasteiger partial charge in [-0.3, -0.25) is 0 Å². The van der Waals surface area contributed by atoms with Crippen molar-refractivity contribution in [3.05, 3.63) is 0 Å². The highest BCUT2D eigenvalue weighted by Gasteiger charge is 2.79. The summed E-state index contributed by atoms with van der Waals surface area (Å²) in [5.74, 6) is 3.73. The zero-order valence-corrected chi connectivity index (χ0v) is 7.72. The third-order valence-corrected chi connectivity index (χ3v) is 5.01. The zero-order chi connectivity index (χ0) is 8.34. The van der Waals surface area contributed by atoms with Crippen LogP contribution >= 0.6 is 0 Å². The quantitative estimate of drug-likeness (QED) is 0.618. The van der Waals surface area contributed by atoms with Crippen LogP contribution in [0.2, 0.25) is 0 Å². The Morgan fingerprint density at radius 2 is 2.50 bits per heavy atom. The smallest absolute Gasteiger partial charge is 0.00138 e. The van der Waals surface area contributed by atoms with Gasteiger partial charge in [-0.2, -0.15) is 0 Å². The second-order valence-corrected chi connectivity index (χ2v) is 4.95. The molecule has 0 bridgehead atoms. The molecule has 1 heteroatoms. The predicted molar refractivity (Wildman–Crippen MR) is 49.3 cm³/mol. The molecule has 1 nitrogen and oxygen atoms in total. The Morgan fingerprint density at radius 3 is 2.75 bits per heavy atom. The first kappa shape index (κ1) is 7.11. The van der Waals surface area contributed by atoms with E-state index < -0.39 is 0 Å². The van der Waals surface area contributed by atoms with Crippen LogP contribution < -0.4 is 0 Å². The molecule has 1 N–H and O–H groups in total. The van der Waals surface area contributed by atoms with Crippen LogP contribution in [0.15, 0.2) is 0 Å². The van der Waals surface area contributed by atoms with Crippen LogP contribution in [0.25, 0.3) is 0 Å². The lowest BCUT2D eigenvalue weighted by Gasteiger charge is -2.47. The molecule has 0 heterocycles. The first-order valence-electron chi connectivity index (χ1n) is 5.35. The molecule has 3 rings (SSSR count). The summed E-state index contributed by atoms with van der Waals surface area (Å²) in [7, 11) is 0. The summed E-state index contributed by atoms with van der Waals surface area (Å²) in [5, 5.41) is 7.39. The minimum absolute atomic E-state index is 0.625. The Kier molecular flexibility index (Phi) is 1.15. The molecule has 0 radical (unpaired) electrons. The Hall–Kier alpha value is -0.330. The maximum atomic E-state index is 7.39. The van der Waals surface area contributed by atoms with Crippen LogP contribution in [0.4, 0.5) is 0 Å². The molecule has 12 heavy (non-hydrogen) atoms. The van der Waals surface area contributed by atoms with Gasteiger partial charge in [0.1, 0.15) is 0 Å². The van der Waals surface area contributed by atoms with Crippen LogP contribution in [-0.2, 0) is 0 Å². The number of hydrogen-bond donors (Lipinski definition) is 1. The highest BCUT2D eigenvalue weighted by atomic mass is 14.8. The molecule has 1 spiro atoms. The number of hydrogen-bond acceptors (Lipinski definition) is 1. The number of nitrogens with one attached hydrogen (secondary N) is 1. The summed E-state index contributed by atoms with van der Waals surface area (Å²) in [6, 6.07) is 0. The summed E-state index contributed by atoms with van der Waals surface area (Å²) >= 11 is 0. The van der Waals surface area contributed by atoms with Crippen LogP contribution in [0, 0.1) is 34.5 Å². The van der Waals surface area contributed by atoms with Crippen molar-refractivity contribution in [2.75, 3.05) is 0 Å². The average molecular weight is 163 g/mol. The third kappa shape index (κ3) is 0.512. The topological polar surface area (TPSA) is 23.9 Å². The van der Waals surface area contributed by atoms with E-state index >= 15 is 0 Å². The van der Waals surface area contributed by atoms with E-state index in [1.807, 2.05) is 0 Å². The second kappa shape index (κ2) is 1.94. The fraction of sp³-hybridized carbons (Fsp3) is 0.909. The largest absolute Gasteiger partial charge is 0.313 e. The van der Waals surface area contributed by atoms with Crippen molar-refractivity contribution in [3.8, 4) is 0 Å². The molecule has 0 aromatic rings. The van der Waals surface area contributed by atoms with Gasteiger partial charge >= 0.3 is 0 Å². The predicted octanol–water partition coefficient (Wildman–Crippen LogP) is 2.71. The van der Waals surface area contributed by atoms with Crippen molar-refractivity contribution in [2.45, 2.75) is 32.6 Å². The molecule has 0 saturated heterocycles. The number of rotatable bonds is 3. The van der Waals surface area contributed by atoms with Gasteiger partial charge in [0.05, 0.1) is 0 Å². The van der Waals surface area contributed by atoms with Crippen LogP contribution in [-0.4, -0.2) is 6.21 Å². The Balaban J connectivity index is 1.77. The highest BCUT2D eigenvalue weighted by molar-refractivity contribution is 5.59. The molecule has 0 aromatic heterocycles. The standard InChI is InChI=1S/C11H17N/c1-2-7(6-12)10-9-5-8-3-4-11(8,9)10/h6-10,12H,2-5H2,1H3.